The number of nitrogens with two attached hydrogens (primary N) is 1. The Morgan fingerprint density at radius 1 is 1.00 bits per heavy atom. The second-order valence-electron chi connectivity index (χ2n) is 3.17. The van der Waals surface area contributed by atoms with E-state index in [1.165, 1.54) is 0 Å². The summed E-state index contributed by atoms with van der Waals surface area (Å²) in [5, 5.41) is -0.114. The number of aromatic nitrogens is 2. The standard InChI is InChI=1S/C10H5ClF3N3/c11-8-9(16-3-17-10(8)15)4-1-6(13)7(14)2-5(4)12/h1-3H,(H2,15,16,17). The minimum Gasteiger partial charge on any atom is -0.382 e. The van der Waals surface area contributed by atoms with Crippen molar-refractivity contribution in [3.05, 3.63) is 40.9 Å². The van der Waals surface area contributed by atoms with Crippen LogP contribution in [0.3, 0.4) is 0 Å². The van der Waals surface area contributed by atoms with Gasteiger partial charge in [-0.25, -0.2) is 23.1 Å². The molecule has 0 radical (unpaired) electrons. The first-order chi connectivity index (χ1) is 8.00. The zero-order valence-electron chi connectivity index (χ0n) is 8.22. The summed E-state index contributed by atoms with van der Waals surface area (Å²) in [6, 6.07) is 1.08. The second kappa shape index (κ2) is 4.21. The summed E-state index contributed by atoms with van der Waals surface area (Å²) in [4.78, 5) is 7.27. The molecule has 1 heterocycles. The van der Waals surface area contributed by atoms with E-state index in [1.54, 1.807) is 0 Å². The minimum absolute atomic E-state index is 0.0687. The monoisotopic (exact) mass is 259 g/mol. The van der Waals surface area contributed by atoms with Crippen molar-refractivity contribution in [1.82, 2.24) is 9.97 Å². The molecule has 0 aliphatic rings. The summed E-state index contributed by atoms with van der Waals surface area (Å²) < 4.78 is 39.2. The Bertz CT molecular complexity index is 589. The van der Waals surface area contributed by atoms with E-state index in [0.29, 0.717) is 12.1 Å². The van der Waals surface area contributed by atoms with Gasteiger partial charge in [-0.05, 0) is 6.07 Å². The van der Waals surface area contributed by atoms with Gasteiger partial charge in [-0.15, -0.1) is 0 Å². The number of hydrogen-bond donors (Lipinski definition) is 1. The van der Waals surface area contributed by atoms with Gasteiger partial charge in [0, 0.05) is 11.6 Å². The third-order valence-corrected chi connectivity index (χ3v) is 2.45. The van der Waals surface area contributed by atoms with Crippen LogP contribution in [0, 0.1) is 17.5 Å². The quantitative estimate of drug-likeness (QED) is 0.801. The van der Waals surface area contributed by atoms with E-state index in [2.05, 4.69) is 9.97 Å². The molecule has 0 fully saturated rings. The fourth-order valence-corrected chi connectivity index (χ4v) is 1.47. The number of rotatable bonds is 1. The fourth-order valence-electron chi connectivity index (χ4n) is 1.28. The molecule has 0 saturated heterocycles. The van der Waals surface area contributed by atoms with E-state index in [9.17, 15) is 13.2 Å². The fraction of sp³-hybridized carbons (Fsp3) is 0. The Labute approximate surface area is 99.1 Å². The predicted octanol–water partition coefficient (Wildman–Crippen LogP) is 2.80. The number of anilines is 1. The van der Waals surface area contributed by atoms with E-state index in [-0.39, 0.29) is 22.1 Å². The molecule has 2 aromatic rings. The predicted molar refractivity (Wildman–Crippen MR) is 56.8 cm³/mol. The summed E-state index contributed by atoms with van der Waals surface area (Å²) in [5.41, 5.74) is 5.04. The van der Waals surface area contributed by atoms with Gasteiger partial charge >= 0.3 is 0 Å². The first-order valence-electron chi connectivity index (χ1n) is 4.41. The molecule has 0 atom stereocenters. The Morgan fingerprint density at radius 2 is 1.65 bits per heavy atom. The number of nitrogens with zero attached hydrogens (tertiary/aromatic N) is 2. The molecule has 7 heteroatoms. The maximum absolute atomic E-state index is 13.5. The van der Waals surface area contributed by atoms with Gasteiger partial charge in [0.15, 0.2) is 11.6 Å². The molecule has 0 amide bonds. The van der Waals surface area contributed by atoms with E-state index >= 15 is 0 Å². The average Bonchev–Trinajstić information content (AvgIpc) is 2.28. The third-order valence-electron chi connectivity index (χ3n) is 2.08. The molecule has 2 rings (SSSR count). The van der Waals surface area contributed by atoms with E-state index in [4.69, 9.17) is 17.3 Å². The van der Waals surface area contributed by atoms with Crippen LogP contribution in [-0.2, 0) is 0 Å². The maximum Gasteiger partial charge on any atom is 0.161 e. The van der Waals surface area contributed by atoms with E-state index < -0.39 is 17.5 Å². The van der Waals surface area contributed by atoms with Crippen LogP contribution in [0.15, 0.2) is 18.5 Å². The lowest BCUT2D eigenvalue weighted by atomic mass is 10.1. The van der Waals surface area contributed by atoms with E-state index in [0.717, 1.165) is 6.33 Å². The highest BCUT2D eigenvalue weighted by Crippen LogP contribution is 2.31. The number of benzene rings is 1. The van der Waals surface area contributed by atoms with Crippen molar-refractivity contribution in [2.75, 3.05) is 5.73 Å². The summed E-state index contributed by atoms with van der Waals surface area (Å²) >= 11 is 5.76. The number of hydrogen-bond acceptors (Lipinski definition) is 3. The number of nitrogen functional groups attached to an aromatic ring is 1. The van der Waals surface area contributed by atoms with Gasteiger partial charge in [-0.3, -0.25) is 0 Å². The summed E-state index contributed by atoms with van der Waals surface area (Å²) in [6.07, 6.45) is 1.05. The molecule has 2 N–H and O–H groups in total. The normalized spacial score (nSPS) is 10.6. The highest BCUT2D eigenvalue weighted by Gasteiger charge is 2.16. The lowest BCUT2D eigenvalue weighted by Gasteiger charge is -2.06. The third kappa shape index (κ3) is 2.03. The van der Waals surface area contributed by atoms with Crippen molar-refractivity contribution >= 4 is 17.4 Å². The van der Waals surface area contributed by atoms with Gasteiger partial charge in [0.1, 0.15) is 23.0 Å². The molecule has 3 nitrogen and oxygen atoms in total. The van der Waals surface area contributed by atoms with Gasteiger partial charge in [-0.2, -0.15) is 0 Å². The van der Waals surface area contributed by atoms with Crippen molar-refractivity contribution in [3.8, 4) is 11.3 Å². The lowest BCUT2D eigenvalue weighted by Crippen LogP contribution is -1.98. The molecule has 1 aromatic heterocycles. The highest BCUT2D eigenvalue weighted by molar-refractivity contribution is 6.35. The Morgan fingerprint density at radius 3 is 2.35 bits per heavy atom. The van der Waals surface area contributed by atoms with Crippen molar-refractivity contribution in [2.45, 2.75) is 0 Å². The molecule has 0 saturated carbocycles. The van der Waals surface area contributed by atoms with Crippen molar-refractivity contribution in [1.29, 1.82) is 0 Å². The molecule has 0 spiro atoms. The van der Waals surface area contributed by atoms with Crippen LogP contribution in [0.5, 0.6) is 0 Å². The first-order valence-corrected chi connectivity index (χ1v) is 4.79. The van der Waals surface area contributed by atoms with Crippen LogP contribution in [-0.4, -0.2) is 9.97 Å². The van der Waals surface area contributed by atoms with Crippen LogP contribution < -0.4 is 5.73 Å². The van der Waals surface area contributed by atoms with Gasteiger partial charge in [0.05, 0.1) is 5.69 Å². The van der Waals surface area contributed by atoms with Gasteiger partial charge in [0.2, 0.25) is 0 Å². The lowest BCUT2D eigenvalue weighted by molar-refractivity contribution is 0.496. The first kappa shape index (κ1) is 11.7. The number of halogens is 4. The summed E-state index contributed by atoms with van der Waals surface area (Å²) in [5.74, 6) is -3.54. The van der Waals surface area contributed by atoms with Crippen LogP contribution in [0.4, 0.5) is 19.0 Å². The molecule has 17 heavy (non-hydrogen) atoms. The minimum atomic E-state index is -1.29. The Balaban J connectivity index is 2.69. The van der Waals surface area contributed by atoms with Crippen LogP contribution in [0.2, 0.25) is 5.02 Å². The molecular weight excluding hydrogens is 255 g/mol. The van der Waals surface area contributed by atoms with Crippen molar-refractivity contribution < 1.29 is 13.2 Å². The van der Waals surface area contributed by atoms with E-state index in [1.807, 2.05) is 0 Å². The molecule has 1 aromatic carbocycles. The second-order valence-corrected chi connectivity index (χ2v) is 3.55. The molecule has 0 unspecified atom stereocenters. The Kier molecular flexibility index (Phi) is 2.89. The van der Waals surface area contributed by atoms with Gasteiger partial charge in [-0.1, -0.05) is 11.6 Å². The van der Waals surface area contributed by atoms with Crippen LogP contribution in [0.1, 0.15) is 0 Å². The molecule has 0 aliphatic carbocycles. The zero-order valence-corrected chi connectivity index (χ0v) is 8.97. The average molecular weight is 260 g/mol. The van der Waals surface area contributed by atoms with Crippen LogP contribution >= 0.6 is 11.6 Å². The zero-order chi connectivity index (χ0) is 12.6. The Hall–Kier alpha value is -1.82. The maximum atomic E-state index is 13.5. The summed E-state index contributed by atoms with van der Waals surface area (Å²) in [7, 11) is 0. The van der Waals surface area contributed by atoms with Gasteiger partial charge < -0.3 is 5.73 Å². The molecule has 0 aliphatic heterocycles. The highest BCUT2D eigenvalue weighted by atomic mass is 35.5. The summed E-state index contributed by atoms with van der Waals surface area (Å²) in [6.45, 7) is 0. The van der Waals surface area contributed by atoms with Crippen LogP contribution in [0.25, 0.3) is 11.3 Å². The van der Waals surface area contributed by atoms with Gasteiger partial charge in [0.25, 0.3) is 0 Å². The topological polar surface area (TPSA) is 51.8 Å². The van der Waals surface area contributed by atoms with Crippen molar-refractivity contribution in [3.63, 3.8) is 0 Å². The largest absolute Gasteiger partial charge is 0.382 e. The molecule has 0 bridgehead atoms. The molecule has 88 valence electrons. The smallest absolute Gasteiger partial charge is 0.161 e. The SMILES string of the molecule is Nc1ncnc(-c2cc(F)c(F)cc2F)c1Cl. The van der Waals surface area contributed by atoms with Crippen molar-refractivity contribution in [2.24, 2.45) is 0 Å². The molecular formula is C10H5ClF3N3.